The summed E-state index contributed by atoms with van der Waals surface area (Å²) in [4.78, 5) is 11.6. The van der Waals surface area contributed by atoms with E-state index >= 15 is 0 Å². The van der Waals surface area contributed by atoms with Gasteiger partial charge in [0.05, 0.1) is 12.0 Å². The van der Waals surface area contributed by atoms with Crippen LogP contribution in [0.25, 0.3) is 0 Å². The van der Waals surface area contributed by atoms with Crippen LogP contribution >= 0.6 is 15.9 Å². The third-order valence-electron chi connectivity index (χ3n) is 2.28. The molecule has 1 atom stereocenters. The molecule has 0 fully saturated rings. The standard InChI is InChI=1S/C13H15BrN2O/c1-9(2)16-13(17)7-10(8-15)11-5-3-4-6-12(11)14/h3-6,9-10H,7H2,1-2H3,(H,16,17). The second-order valence-corrected chi connectivity index (χ2v) is 4.98. The van der Waals surface area contributed by atoms with Crippen molar-refractivity contribution in [2.24, 2.45) is 0 Å². The molecule has 0 saturated carbocycles. The smallest absolute Gasteiger partial charge is 0.221 e. The molecule has 1 aromatic rings. The Bertz CT molecular complexity index is 437. The Hall–Kier alpha value is -1.34. The first-order valence-corrected chi connectivity index (χ1v) is 6.27. The average Bonchev–Trinajstić information content (AvgIpc) is 2.26. The average molecular weight is 295 g/mol. The molecule has 1 amide bonds. The van der Waals surface area contributed by atoms with Gasteiger partial charge in [-0.25, -0.2) is 0 Å². The van der Waals surface area contributed by atoms with Gasteiger partial charge in [-0.2, -0.15) is 5.26 Å². The molecule has 0 heterocycles. The molecule has 4 heteroatoms. The Morgan fingerprint density at radius 2 is 2.12 bits per heavy atom. The second kappa shape index (κ2) is 6.41. The van der Waals surface area contributed by atoms with Gasteiger partial charge in [0.2, 0.25) is 5.91 Å². The normalized spacial score (nSPS) is 11.9. The fourth-order valence-electron chi connectivity index (χ4n) is 1.55. The van der Waals surface area contributed by atoms with E-state index in [4.69, 9.17) is 5.26 Å². The van der Waals surface area contributed by atoms with Crippen LogP contribution in [0.15, 0.2) is 28.7 Å². The summed E-state index contributed by atoms with van der Waals surface area (Å²) in [7, 11) is 0. The summed E-state index contributed by atoms with van der Waals surface area (Å²) in [5, 5.41) is 11.9. The van der Waals surface area contributed by atoms with Crippen LogP contribution in [0.1, 0.15) is 31.7 Å². The highest BCUT2D eigenvalue weighted by Gasteiger charge is 2.17. The summed E-state index contributed by atoms with van der Waals surface area (Å²) >= 11 is 3.40. The van der Waals surface area contributed by atoms with Gasteiger partial charge in [0, 0.05) is 16.9 Å². The lowest BCUT2D eigenvalue weighted by Gasteiger charge is -2.13. The molecule has 0 bridgehead atoms. The fraction of sp³-hybridized carbons (Fsp3) is 0.385. The van der Waals surface area contributed by atoms with E-state index in [0.29, 0.717) is 0 Å². The largest absolute Gasteiger partial charge is 0.354 e. The zero-order chi connectivity index (χ0) is 12.8. The van der Waals surface area contributed by atoms with Crippen LogP contribution in [-0.2, 0) is 4.79 Å². The van der Waals surface area contributed by atoms with Crippen LogP contribution in [0.3, 0.4) is 0 Å². The topological polar surface area (TPSA) is 52.9 Å². The van der Waals surface area contributed by atoms with Gasteiger partial charge in [-0.05, 0) is 25.5 Å². The minimum Gasteiger partial charge on any atom is -0.354 e. The van der Waals surface area contributed by atoms with Gasteiger partial charge < -0.3 is 5.32 Å². The molecule has 0 radical (unpaired) electrons. The van der Waals surface area contributed by atoms with Crippen molar-refractivity contribution < 1.29 is 4.79 Å². The van der Waals surface area contributed by atoms with Gasteiger partial charge in [-0.1, -0.05) is 34.1 Å². The zero-order valence-electron chi connectivity index (χ0n) is 9.90. The first-order chi connectivity index (χ1) is 8.04. The van der Waals surface area contributed by atoms with Gasteiger partial charge in [-0.3, -0.25) is 4.79 Å². The first-order valence-electron chi connectivity index (χ1n) is 5.48. The highest BCUT2D eigenvalue weighted by molar-refractivity contribution is 9.10. The van der Waals surface area contributed by atoms with Crippen molar-refractivity contribution in [3.8, 4) is 6.07 Å². The van der Waals surface area contributed by atoms with Crippen molar-refractivity contribution in [1.29, 1.82) is 5.26 Å². The summed E-state index contributed by atoms with van der Waals surface area (Å²) in [5.74, 6) is -0.508. The minimum absolute atomic E-state index is 0.0951. The summed E-state index contributed by atoms with van der Waals surface area (Å²) in [6.07, 6.45) is 0.192. The van der Waals surface area contributed by atoms with Crippen LogP contribution in [0.2, 0.25) is 0 Å². The lowest BCUT2D eigenvalue weighted by atomic mass is 9.97. The van der Waals surface area contributed by atoms with E-state index in [2.05, 4.69) is 27.3 Å². The Morgan fingerprint density at radius 1 is 1.47 bits per heavy atom. The molecule has 1 unspecified atom stereocenters. The number of nitriles is 1. The Labute approximate surface area is 110 Å². The molecule has 0 saturated heterocycles. The maximum atomic E-state index is 11.6. The molecule has 0 spiro atoms. The maximum absolute atomic E-state index is 11.6. The van der Waals surface area contributed by atoms with Crippen LogP contribution in [0.5, 0.6) is 0 Å². The van der Waals surface area contributed by atoms with E-state index in [1.807, 2.05) is 38.1 Å². The minimum atomic E-state index is -0.413. The third kappa shape index (κ3) is 4.20. The number of carbonyl (C=O) groups is 1. The van der Waals surface area contributed by atoms with Crippen LogP contribution < -0.4 is 5.32 Å². The Balaban J connectivity index is 2.77. The van der Waals surface area contributed by atoms with E-state index in [1.165, 1.54) is 0 Å². The molecule has 0 aromatic heterocycles. The van der Waals surface area contributed by atoms with Crippen LogP contribution in [0, 0.1) is 11.3 Å². The molecular formula is C13H15BrN2O. The van der Waals surface area contributed by atoms with E-state index < -0.39 is 5.92 Å². The van der Waals surface area contributed by atoms with Crippen molar-refractivity contribution in [3.05, 3.63) is 34.3 Å². The number of carbonyl (C=O) groups excluding carboxylic acids is 1. The molecule has 0 aliphatic heterocycles. The Kier molecular flexibility index (Phi) is 5.17. The van der Waals surface area contributed by atoms with E-state index in [1.54, 1.807) is 0 Å². The quantitative estimate of drug-likeness (QED) is 0.928. The molecule has 0 aliphatic rings. The van der Waals surface area contributed by atoms with Crippen molar-refractivity contribution >= 4 is 21.8 Å². The maximum Gasteiger partial charge on any atom is 0.221 e. The van der Waals surface area contributed by atoms with Crippen molar-refractivity contribution in [2.75, 3.05) is 0 Å². The van der Waals surface area contributed by atoms with E-state index in [-0.39, 0.29) is 18.4 Å². The molecule has 1 rings (SSSR count). The number of hydrogen-bond donors (Lipinski definition) is 1. The number of hydrogen-bond acceptors (Lipinski definition) is 2. The highest BCUT2D eigenvalue weighted by Crippen LogP contribution is 2.26. The molecule has 0 aliphatic carbocycles. The predicted octanol–water partition coefficient (Wildman–Crippen LogP) is 2.97. The van der Waals surface area contributed by atoms with Gasteiger partial charge in [0.15, 0.2) is 0 Å². The van der Waals surface area contributed by atoms with Gasteiger partial charge in [0.25, 0.3) is 0 Å². The van der Waals surface area contributed by atoms with Gasteiger partial charge in [-0.15, -0.1) is 0 Å². The molecule has 1 N–H and O–H groups in total. The summed E-state index contributed by atoms with van der Waals surface area (Å²) < 4.78 is 0.865. The number of nitrogens with zero attached hydrogens (tertiary/aromatic N) is 1. The zero-order valence-corrected chi connectivity index (χ0v) is 11.5. The molecule has 1 aromatic carbocycles. The molecule has 3 nitrogen and oxygen atoms in total. The summed E-state index contributed by atoms with van der Waals surface area (Å²) in [5.41, 5.74) is 0.855. The molecule has 90 valence electrons. The molecular weight excluding hydrogens is 280 g/mol. The SMILES string of the molecule is CC(C)NC(=O)CC(C#N)c1ccccc1Br. The number of benzene rings is 1. The summed E-state index contributed by atoms with van der Waals surface area (Å²) in [6.45, 7) is 3.80. The van der Waals surface area contributed by atoms with Crippen molar-refractivity contribution in [2.45, 2.75) is 32.2 Å². The predicted molar refractivity (Wildman–Crippen MR) is 70.4 cm³/mol. The number of halogens is 1. The van der Waals surface area contributed by atoms with Crippen LogP contribution in [-0.4, -0.2) is 11.9 Å². The summed E-state index contributed by atoms with van der Waals surface area (Å²) in [6, 6.07) is 9.76. The highest BCUT2D eigenvalue weighted by atomic mass is 79.9. The number of amides is 1. The van der Waals surface area contributed by atoms with E-state index in [0.717, 1.165) is 10.0 Å². The Morgan fingerprint density at radius 3 is 2.65 bits per heavy atom. The second-order valence-electron chi connectivity index (χ2n) is 4.13. The lowest BCUT2D eigenvalue weighted by molar-refractivity contribution is -0.121. The first kappa shape index (κ1) is 13.7. The van der Waals surface area contributed by atoms with Crippen molar-refractivity contribution in [1.82, 2.24) is 5.32 Å². The monoisotopic (exact) mass is 294 g/mol. The molecule has 17 heavy (non-hydrogen) atoms. The number of rotatable bonds is 4. The van der Waals surface area contributed by atoms with Gasteiger partial charge in [0.1, 0.15) is 0 Å². The number of nitrogens with one attached hydrogen (secondary N) is 1. The van der Waals surface area contributed by atoms with Gasteiger partial charge >= 0.3 is 0 Å². The van der Waals surface area contributed by atoms with Crippen molar-refractivity contribution in [3.63, 3.8) is 0 Å². The van der Waals surface area contributed by atoms with Crippen LogP contribution in [0.4, 0.5) is 0 Å². The van der Waals surface area contributed by atoms with E-state index in [9.17, 15) is 4.79 Å². The fourth-order valence-corrected chi connectivity index (χ4v) is 2.11. The third-order valence-corrected chi connectivity index (χ3v) is 3.00. The lowest BCUT2D eigenvalue weighted by Crippen LogP contribution is -2.31.